The number of tetrazole rings is 1. The summed E-state index contributed by atoms with van der Waals surface area (Å²) in [6.45, 7) is 1.81. The summed E-state index contributed by atoms with van der Waals surface area (Å²) in [5, 5.41) is 17.6. The van der Waals surface area contributed by atoms with Gasteiger partial charge in [-0.05, 0) is 47.2 Å². The number of hydrogen-bond acceptors (Lipinski definition) is 6. The van der Waals surface area contributed by atoms with Crippen LogP contribution in [0.1, 0.15) is 22.3 Å². The van der Waals surface area contributed by atoms with Gasteiger partial charge in [-0.3, -0.25) is 9.59 Å². The molecule has 144 valence electrons. The maximum Gasteiger partial charge on any atom is 0.256 e. The lowest BCUT2D eigenvalue weighted by atomic mass is 10.1. The molecular weight excluding hydrogens is 376 g/mol. The number of hydrogen-bond donors (Lipinski definition) is 2. The SMILES string of the molecule is Cc1c(NC(=O)CCSc2nnnn2C)cccc1C(=O)Nc1ccccc1. The van der Waals surface area contributed by atoms with Crippen molar-refractivity contribution in [3.63, 3.8) is 0 Å². The average Bonchev–Trinajstić information content (AvgIpc) is 3.09. The number of nitrogens with zero attached hydrogens (tertiary/aromatic N) is 4. The standard InChI is InChI=1S/C19H20N6O2S/c1-13-15(18(27)20-14-7-4-3-5-8-14)9-6-10-16(13)21-17(26)11-12-28-19-22-23-24-25(19)2/h3-10H,11-12H2,1-2H3,(H,20,27)(H,21,26). The third kappa shape index (κ3) is 4.95. The molecule has 3 rings (SSSR count). The van der Waals surface area contributed by atoms with E-state index in [1.165, 1.54) is 11.8 Å². The van der Waals surface area contributed by atoms with E-state index in [0.717, 1.165) is 11.3 Å². The number of carbonyl (C=O) groups is 2. The number of amides is 2. The van der Waals surface area contributed by atoms with Crippen molar-refractivity contribution >= 4 is 35.0 Å². The number of thioether (sulfide) groups is 1. The fourth-order valence-corrected chi connectivity index (χ4v) is 3.32. The molecule has 0 atom stereocenters. The molecule has 0 radical (unpaired) electrons. The Morgan fingerprint density at radius 2 is 1.86 bits per heavy atom. The van der Waals surface area contributed by atoms with Crippen molar-refractivity contribution < 1.29 is 9.59 Å². The molecule has 2 amide bonds. The topological polar surface area (TPSA) is 102 Å². The van der Waals surface area contributed by atoms with E-state index in [0.29, 0.717) is 28.6 Å². The van der Waals surface area contributed by atoms with Gasteiger partial charge >= 0.3 is 0 Å². The lowest BCUT2D eigenvalue weighted by Crippen LogP contribution is -2.17. The van der Waals surface area contributed by atoms with Crippen LogP contribution in [0.4, 0.5) is 11.4 Å². The van der Waals surface area contributed by atoms with Gasteiger partial charge in [-0.25, -0.2) is 4.68 Å². The van der Waals surface area contributed by atoms with E-state index >= 15 is 0 Å². The number of para-hydroxylation sites is 1. The Hall–Kier alpha value is -3.20. The molecule has 0 unspecified atom stereocenters. The highest BCUT2D eigenvalue weighted by molar-refractivity contribution is 7.99. The Kier molecular flexibility index (Phi) is 6.38. The first-order chi connectivity index (χ1) is 13.5. The molecule has 2 N–H and O–H groups in total. The van der Waals surface area contributed by atoms with Gasteiger partial charge in [-0.2, -0.15) is 0 Å². The highest BCUT2D eigenvalue weighted by atomic mass is 32.2. The monoisotopic (exact) mass is 396 g/mol. The fraction of sp³-hybridized carbons (Fsp3) is 0.211. The predicted molar refractivity (Wildman–Crippen MR) is 108 cm³/mol. The van der Waals surface area contributed by atoms with Crippen molar-refractivity contribution in [1.29, 1.82) is 0 Å². The molecule has 0 aliphatic heterocycles. The zero-order valence-electron chi connectivity index (χ0n) is 15.5. The molecule has 0 saturated heterocycles. The Labute approximate surface area is 166 Å². The second kappa shape index (κ2) is 9.14. The Bertz CT molecular complexity index is 974. The van der Waals surface area contributed by atoms with Crippen LogP contribution in [0.5, 0.6) is 0 Å². The van der Waals surface area contributed by atoms with Crippen LogP contribution < -0.4 is 10.6 Å². The number of nitrogens with one attached hydrogen (secondary N) is 2. The molecule has 0 aliphatic rings. The summed E-state index contributed by atoms with van der Waals surface area (Å²) < 4.78 is 1.56. The highest BCUT2D eigenvalue weighted by Crippen LogP contribution is 2.21. The first-order valence-electron chi connectivity index (χ1n) is 8.65. The van der Waals surface area contributed by atoms with Gasteiger partial charge in [-0.1, -0.05) is 36.0 Å². The molecule has 1 aromatic heterocycles. The number of rotatable bonds is 7. The first-order valence-corrected chi connectivity index (χ1v) is 9.64. The van der Waals surface area contributed by atoms with Gasteiger partial charge < -0.3 is 10.6 Å². The molecule has 0 fully saturated rings. The zero-order chi connectivity index (χ0) is 19.9. The number of carbonyl (C=O) groups excluding carboxylic acids is 2. The quantitative estimate of drug-likeness (QED) is 0.596. The third-order valence-corrected chi connectivity index (χ3v) is 5.04. The van der Waals surface area contributed by atoms with Crippen molar-refractivity contribution in [2.24, 2.45) is 7.05 Å². The highest BCUT2D eigenvalue weighted by Gasteiger charge is 2.14. The van der Waals surface area contributed by atoms with Crippen molar-refractivity contribution in [1.82, 2.24) is 20.2 Å². The minimum absolute atomic E-state index is 0.133. The fourth-order valence-electron chi connectivity index (χ4n) is 2.53. The lowest BCUT2D eigenvalue weighted by Gasteiger charge is -2.13. The van der Waals surface area contributed by atoms with E-state index in [9.17, 15) is 9.59 Å². The van der Waals surface area contributed by atoms with Gasteiger partial charge in [0.2, 0.25) is 11.1 Å². The van der Waals surface area contributed by atoms with Gasteiger partial charge in [0, 0.05) is 36.2 Å². The van der Waals surface area contributed by atoms with Crippen molar-refractivity contribution in [2.45, 2.75) is 18.5 Å². The Balaban J connectivity index is 1.59. The van der Waals surface area contributed by atoms with Crippen LogP contribution in [0.3, 0.4) is 0 Å². The van der Waals surface area contributed by atoms with Crippen LogP contribution in [-0.2, 0) is 11.8 Å². The summed E-state index contributed by atoms with van der Waals surface area (Å²) in [4.78, 5) is 24.8. The van der Waals surface area contributed by atoms with Crippen LogP contribution in [0, 0.1) is 6.92 Å². The molecular formula is C19H20N6O2S. The maximum absolute atomic E-state index is 12.6. The van der Waals surface area contributed by atoms with Crippen LogP contribution in [-0.4, -0.2) is 37.8 Å². The van der Waals surface area contributed by atoms with Gasteiger partial charge in [0.05, 0.1) is 0 Å². The number of aromatic nitrogens is 4. The maximum atomic E-state index is 12.6. The minimum Gasteiger partial charge on any atom is -0.326 e. The van der Waals surface area contributed by atoms with E-state index in [1.54, 1.807) is 29.9 Å². The molecule has 2 aromatic carbocycles. The zero-order valence-corrected chi connectivity index (χ0v) is 16.4. The van der Waals surface area contributed by atoms with Crippen LogP contribution in [0.15, 0.2) is 53.7 Å². The molecule has 0 bridgehead atoms. The van der Waals surface area contributed by atoms with Gasteiger partial charge in [0.25, 0.3) is 5.91 Å². The van der Waals surface area contributed by atoms with Gasteiger partial charge in [-0.15, -0.1) is 5.10 Å². The molecule has 3 aromatic rings. The molecule has 0 aliphatic carbocycles. The smallest absolute Gasteiger partial charge is 0.256 e. The largest absolute Gasteiger partial charge is 0.326 e. The summed E-state index contributed by atoms with van der Waals surface area (Å²) in [6, 6.07) is 14.5. The van der Waals surface area contributed by atoms with E-state index in [2.05, 4.69) is 26.2 Å². The second-order valence-electron chi connectivity index (χ2n) is 6.03. The summed E-state index contributed by atoms with van der Waals surface area (Å²) >= 11 is 1.41. The van der Waals surface area contributed by atoms with Crippen molar-refractivity contribution in [3.05, 3.63) is 59.7 Å². The van der Waals surface area contributed by atoms with Crippen LogP contribution in [0.25, 0.3) is 0 Å². The van der Waals surface area contributed by atoms with Crippen molar-refractivity contribution in [3.8, 4) is 0 Å². The third-order valence-electron chi connectivity index (χ3n) is 4.03. The molecule has 28 heavy (non-hydrogen) atoms. The summed E-state index contributed by atoms with van der Waals surface area (Å²) in [7, 11) is 1.75. The molecule has 0 spiro atoms. The van der Waals surface area contributed by atoms with Crippen LogP contribution in [0.2, 0.25) is 0 Å². The summed E-state index contributed by atoms with van der Waals surface area (Å²) in [5.74, 6) is 0.198. The van der Waals surface area contributed by atoms with E-state index in [1.807, 2.05) is 37.3 Å². The normalized spacial score (nSPS) is 10.5. The average molecular weight is 396 g/mol. The Morgan fingerprint density at radius 3 is 2.57 bits per heavy atom. The van der Waals surface area contributed by atoms with Gasteiger partial charge in [0.1, 0.15) is 0 Å². The van der Waals surface area contributed by atoms with Gasteiger partial charge in [0.15, 0.2) is 0 Å². The van der Waals surface area contributed by atoms with E-state index in [-0.39, 0.29) is 11.8 Å². The molecule has 1 heterocycles. The number of anilines is 2. The summed E-state index contributed by atoms with van der Waals surface area (Å²) in [5.41, 5.74) is 2.57. The van der Waals surface area contributed by atoms with E-state index in [4.69, 9.17) is 0 Å². The first kappa shape index (κ1) is 19.6. The number of benzene rings is 2. The summed E-state index contributed by atoms with van der Waals surface area (Å²) in [6.07, 6.45) is 0.303. The number of aryl methyl sites for hydroxylation is 1. The lowest BCUT2D eigenvalue weighted by molar-refractivity contribution is -0.115. The van der Waals surface area contributed by atoms with Crippen molar-refractivity contribution in [2.75, 3.05) is 16.4 Å². The molecule has 0 saturated carbocycles. The van der Waals surface area contributed by atoms with E-state index < -0.39 is 0 Å². The minimum atomic E-state index is -0.217. The van der Waals surface area contributed by atoms with Crippen LogP contribution >= 0.6 is 11.8 Å². The molecule has 9 heteroatoms. The second-order valence-corrected chi connectivity index (χ2v) is 7.09. The molecule has 8 nitrogen and oxygen atoms in total. The Morgan fingerprint density at radius 1 is 1.07 bits per heavy atom. The predicted octanol–water partition coefficient (Wildman–Crippen LogP) is 2.89.